The number of likely N-dealkylation sites (N-methyl/N-ethyl adjacent to an activating group) is 1. The molecular formula is C17H26BrN3. The van der Waals surface area contributed by atoms with E-state index < -0.39 is 0 Å². The Morgan fingerprint density at radius 3 is 2.48 bits per heavy atom. The summed E-state index contributed by atoms with van der Waals surface area (Å²) in [5, 5.41) is 0. The summed E-state index contributed by atoms with van der Waals surface area (Å²) in [5.74, 6) is 0. The van der Waals surface area contributed by atoms with Crippen LogP contribution < -0.4 is 5.73 Å². The molecule has 2 aliphatic rings. The maximum Gasteiger partial charge on any atom is 0.0497 e. The molecule has 3 rings (SSSR count). The molecule has 1 aromatic rings. The van der Waals surface area contributed by atoms with Crippen LogP contribution >= 0.6 is 15.9 Å². The van der Waals surface area contributed by atoms with Crippen LogP contribution in [0.2, 0.25) is 0 Å². The Bertz CT molecular complexity index is 473. The lowest BCUT2D eigenvalue weighted by molar-refractivity contribution is 0.155. The van der Waals surface area contributed by atoms with Crippen molar-refractivity contribution >= 4 is 15.9 Å². The highest BCUT2D eigenvalue weighted by Crippen LogP contribution is 2.33. The quantitative estimate of drug-likeness (QED) is 0.908. The number of rotatable bonds is 3. The molecule has 0 radical (unpaired) electrons. The van der Waals surface area contributed by atoms with Gasteiger partial charge in [0.15, 0.2) is 0 Å². The zero-order valence-electron chi connectivity index (χ0n) is 13.0. The predicted molar refractivity (Wildman–Crippen MR) is 91.3 cm³/mol. The van der Waals surface area contributed by atoms with Gasteiger partial charge < -0.3 is 5.73 Å². The van der Waals surface area contributed by atoms with Crippen molar-refractivity contribution < 1.29 is 0 Å². The number of hydrogen-bond acceptors (Lipinski definition) is 3. The van der Waals surface area contributed by atoms with Crippen molar-refractivity contribution in [1.82, 2.24) is 9.80 Å². The van der Waals surface area contributed by atoms with Crippen molar-refractivity contribution in [2.24, 2.45) is 5.73 Å². The minimum atomic E-state index is 0.146. The molecule has 2 saturated heterocycles. The molecule has 0 aliphatic carbocycles. The zero-order valence-corrected chi connectivity index (χ0v) is 14.6. The number of likely N-dealkylation sites (tertiary alicyclic amines) is 1. The van der Waals surface area contributed by atoms with Crippen molar-refractivity contribution in [2.45, 2.75) is 50.4 Å². The van der Waals surface area contributed by atoms with Crippen LogP contribution in [0.25, 0.3) is 0 Å². The van der Waals surface area contributed by atoms with Gasteiger partial charge in [0.05, 0.1) is 0 Å². The third-order valence-corrected chi connectivity index (χ3v) is 5.81. The van der Waals surface area contributed by atoms with Crippen LogP contribution in [0, 0.1) is 0 Å². The van der Waals surface area contributed by atoms with E-state index in [1.807, 2.05) is 0 Å². The lowest BCUT2D eigenvalue weighted by Gasteiger charge is -2.36. The van der Waals surface area contributed by atoms with Crippen molar-refractivity contribution in [1.29, 1.82) is 0 Å². The number of halogens is 1. The molecule has 2 fully saturated rings. The van der Waals surface area contributed by atoms with Crippen molar-refractivity contribution in [3.63, 3.8) is 0 Å². The molecule has 2 bridgehead atoms. The van der Waals surface area contributed by atoms with Crippen LogP contribution in [-0.4, -0.2) is 48.1 Å². The van der Waals surface area contributed by atoms with E-state index >= 15 is 0 Å². The predicted octanol–water partition coefficient (Wildman–Crippen LogP) is 3.01. The molecule has 1 aromatic carbocycles. The first-order valence-electron chi connectivity index (χ1n) is 8.03. The van der Waals surface area contributed by atoms with Crippen LogP contribution in [-0.2, 0) is 0 Å². The summed E-state index contributed by atoms with van der Waals surface area (Å²) in [4.78, 5) is 5.22. The highest BCUT2D eigenvalue weighted by Gasteiger charge is 2.37. The van der Waals surface area contributed by atoms with Crippen molar-refractivity contribution in [3.8, 4) is 0 Å². The molecule has 2 heterocycles. The van der Waals surface area contributed by atoms with Gasteiger partial charge in [-0.05, 0) is 50.9 Å². The normalized spacial score (nSPS) is 30.1. The second-order valence-corrected chi connectivity index (χ2v) is 7.61. The summed E-state index contributed by atoms with van der Waals surface area (Å²) in [6.07, 6.45) is 3.98. The lowest BCUT2D eigenvalue weighted by atomic mass is 9.97. The van der Waals surface area contributed by atoms with Crippen LogP contribution in [0.15, 0.2) is 28.7 Å². The largest absolute Gasteiger partial charge is 0.326 e. The first kappa shape index (κ1) is 15.5. The molecule has 4 heteroatoms. The maximum atomic E-state index is 6.35. The van der Waals surface area contributed by atoms with Gasteiger partial charge in [0.1, 0.15) is 0 Å². The van der Waals surface area contributed by atoms with Gasteiger partial charge in [0, 0.05) is 41.7 Å². The molecule has 3 nitrogen and oxygen atoms in total. The maximum absolute atomic E-state index is 6.35. The monoisotopic (exact) mass is 351 g/mol. The summed E-state index contributed by atoms with van der Waals surface area (Å²) in [7, 11) is 2.30. The van der Waals surface area contributed by atoms with Crippen LogP contribution in [0.5, 0.6) is 0 Å². The number of hydrogen-bond donors (Lipinski definition) is 1. The fourth-order valence-corrected chi connectivity index (χ4v) is 4.36. The third-order valence-electron chi connectivity index (χ3n) is 5.28. The average molecular weight is 352 g/mol. The summed E-state index contributed by atoms with van der Waals surface area (Å²) in [5.41, 5.74) is 7.70. The van der Waals surface area contributed by atoms with E-state index in [1.54, 1.807) is 0 Å². The highest BCUT2D eigenvalue weighted by molar-refractivity contribution is 9.10. The van der Waals surface area contributed by atoms with E-state index in [2.05, 4.69) is 64.0 Å². The summed E-state index contributed by atoms with van der Waals surface area (Å²) in [6.45, 7) is 4.45. The molecule has 0 aromatic heterocycles. The summed E-state index contributed by atoms with van der Waals surface area (Å²) >= 11 is 3.52. The number of fused-ring (bicyclic) bond motifs is 2. The van der Waals surface area contributed by atoms with E-state index in [4.69, 9.17) is 5.73 Å². The minimum Gasteiger partial charge on any atom is -0.326 e. The van der Waals surface area contributed by atoms with Gasteiger partial charge >= 0.3 is 0 Å². The highest BCUT2D eigenvalue weighted by atomic mass is 79.9. The van der Waals surface area contributed by atoms with Gasteiger partial charge in [0.2, 0.25) is 0 Å². The van der Waals surface area contributed by atoms with Crippen molar-refractivity contribution in [3.05, 3.63) is 34.3 Å². The first-order valence-corrected chi connectivity index (χ1v) is 8.82. The van der Waals surface area contributed by atoms with Crippen molar-refractivity contribution in [2.75, 3.05) is 20.1 Å². The van der Waals surface area contributed by atoms with Crippen LogP contribution in [0.4, 0.5) is 0 Å². The Balaban J connectivity index is 1.82. The van der Waals surface area contributed by atoms with E-state index in [9.17, 15) is 0 Å². The standard InChI is InChI=1S/C17H26BrN3/c1-12(19)17(13-3-5-14(18)6-4-13)21-10-9-15-7-8-16(11-21)20(15)2/h3-6,12,15-17H,7-11,19H2,1-2H3. The minimum absolute atomic E-state index is 0.146. The number of nitrogens with zero attached hydrogens (tertiary/aromatic N) is 2. The van der Waals surface area contributed by atoms with Gasteiger partial charge in [-0.1, -0.05) is 28.1 Å². The van der Waals surface area contributed by atoms with E-state index in [-0.39, 0.29) is 6.04 Å². The summed E-state index contributed by atoms with van der Waals surface area (Å²) < 4.78 is 1.13. The average Bonchev–Trinajstić information content (AvgIpc) is 2.68. The molecule has 2 N–H and O–H groups in total. The van der Waals surface area contributed by atoms with Crippen LogP contribution in [0.1, 0.15) is 37.8 Å². The Kier molecular flexibility index (Phi) is 4.69. The summed E-state index contributed by atoms with van der Waals surface area (Å²) in [6, 6.07) is 10.6. The Morgan fingerprint density at radius 1 is 1.14 bits per heavy atom. The van der Waals surface area contributed by atoms with Gasteiger partial charge in [-0.3, -0.25) is 9.80 Å². The second kappa shape index (κ2) is 6.37. The molecule has 2 aliphatic heterocycles. The second-order valence-electron chi connectivity index (χ2n) is 6.69. The molecule has 0 amide bonds. The van der Waals surface area contributed by atoms with E-state index in [1.165, 1.54) is 24.8 Å². The molecular weight excluding hydrogens is 326 g/mol. The number of benzene rings is 1. The third kappa shape index (κ3) is 3.19. The van der Waals surface area contributed by atoms with Gasteiger partial charge in [-0.15, -0.1) is 0 Å². The van der Waals surface area contributed by atoms with Gasteiger partial charge in [-0.25, -0.2) is 0 Å². The smallest absolute Gasteiger partial charge is 0.0497 e. The molecule has 0 spiro atoms. The first-order chi connectivity index (χ1) is 10.1. The lowest BCUT2D eigenvalue weighted by Crippen LogP contribution is -2.44. The molecule has 116 valence electrons. The molecule has 21 heavy (non-hydrogen) atoms. The molecule has 4 unspecified atom stereocenters. The molecule has 4 atom stereocenters. The fourth-order valence-electron chi connectivity index (χ4n) is 4.09. The Labute approximate surface area is 136 Å². The van der Waals surface area contributed by atoms with E-state index in [0.29, 0.717) is 12.1 Å². The fraction of sp³-hybridized carbons (Fsp3) is 0.647. The van der Waals surface area contributed by atoms with Gasteiger partial charge in [0.25, 0.3) is 0 Å². The topological polar surface area (TPSA) is 32.5 Å². The molecule has 0 saturated carbocycles. The van der Waals surface area contributed by atoms with E-state index in [0.717, 1.165) is 23.6 Å². The van der Waals surface area contributed by atoms with Gasteiger partial charge in [-0.2, -0.15) is 0 Å². The Hall–Kier alpha value is -0.420. The number of nitrogens with two attached hydrogens (primary N) is 1. The van der Waals surface area contributed by atoms with Crippen LogP contribution in [0.3, 0.4) is 0 Å². The zero-order chi connectivity index (χ0) is 15.0. The Morgan fingerprint density at radius 2 is 1.81 bits per heavy atom. The SMILES string of the molecule is CC(N)C(c1ccc(Br)cc1)N1CCC2CCC(C1)N2C.